The number of hydrogen-bond acceptors (Lipinski definition) is 2. The Balaban J connectivity index is 2.58. The van der Waals surface area contributed by atoms with E-state index < -0.39 is 0 Å². The van der Waals surface area contributed by atoms with Crippen molar-refractivity contribution in [2.45, 2.75) is 39.5 Å². The van der Waals surface area contributed by atoms with Gasteiger partial charge in [-0.3, -0.25) is 9.78 Å². The maximum Gasteiger partial charge on any atom is 0.217 e. The Morgan fingerprint density at radius 1 is 1.37 bits per heavy atom. The van der Waals surface area contributed by atoms with Gasteiger partial charge in [0.25, 0.3) is 0 Å². The van der Waals surface area contributed by atoms with E-state index in [4.69, 9.17) is 5.73 Å². The lowest BCUT2D eigenvalue weighted by molar-refractivity contribution is -0.117. The molecule has 3 heteroatoms. The van der Waals surface area contributed by atoms with Gasteiger partial charge in [0, 0.05) is 17.5 Å². The van der Waals surface area contributed by atoms with Crippen LogP contribution in [-0.4, -0.2) is 10.9 Å². The minimum absolute atomic E-state index is 0.261. The van der Waals surface area contributed by atoms with Crippen molar-refractivity contribution in [2.75, 3.05) is 0 Å². The summed E-state index contributed by atoms with van der Waals surface area (Å²) in [7, 11) is 0. The van der Waals surface area contributed by atoms with E-state index >= 15 is 0 Å². The summed E-state index contributed by atoms with van der Waals surface area (Å²) in [6.45, 7) is 6.33. The second kappa shape index (κ2) is 5.39. The van der Waals surface area contributed by atoms with Gasteiger partial charge >= 0.3 is 0 Å². The maximum absolute atomic E-state index is 11.0. The summed E-state index contributed by atoms with van der Waals surface area (Å²) in [6, 6.07) is 8.30. The van der Waals surface area contributed by atoms with E-state index in [1.54, 1.807) is 0 Å². The van der Waals surface area contributed by atoms with E-state index in [0.717, 1.165) is 22.2 Å². The first-order chi connectivity index (χ1) is 8.99. The fraction of sp³-hybridized carbons (Fsp3) is 0.375. The number of aryl methyl sites for hydroxylation is 2. The largest absolute Gasteiger partial charge is 0.370 e. The number of primary amides is 1. The number of pyridine rings is 1. The minimum atomic E-state index is -0.261. The average molecular weight is 256 g/mol. The highest BCUT2D eigenvalue weighted by Crippen LogP contribution is 2.27. The van der Waals surface area contributed by atoms with E-state index in [0.29, 0.717) is 18.8 Å². The van der Waals surface area contributed by atoms with Crippen LogP contribution in [0.5, 0.6) is 0 Å². The average Bonchev–Trinajstić information content (AvgIpc) is 2.34. The molecule has 0 radical (unpaired) electrons. The molecular weight excluding hydrogens is 236 g/mol. The Bertz CT molecular complexity index is 617. The van der Waals surface area contributed by atoms with Gasteiger partial charge in [-0.25, -0.2) is 0 Å². The first kappa shape index (κ1) is 13.5. The molecule has 0 unspecified atom stereocenters. The standard InChI is InChI=1S/C16H20N2O/c1-10(2)13-5-4-6-14-12(7-8-15(17)19)9-11(3)18-16(13)14/h4-6,9-10H,7-8H2,1-3H3,(H2,17,19). The molecule has 0 aliphatic rings. The number of fused-ring (bicyclic) bond motifs is 1. The first-order valence-electron chi connectivity index (χ1n) is 6.66. The molecule has 0 bridgehead atoms. The SMILES string of the molecule is Cc1cc(CCC(N)=O)c2cccc(C(C)C)c2n1. The zero-order valence-corrected chi connectivity index (χ0v) is 11.7. The number of hydrogen-bond donors (Lipinski definition) is 1. The number of para-hydroxylation sites is 1. The van der Waals surface area contributed by atoms with Gasteiger partial charge in [-0.15, -0.1) is 0 Å². The highest BCUT2D eigenvalue weighted by molar-refractivity contribution is 5.86. The summed E-state index contributed by atoms with van der Waals surface area (Å²) in [5.74, 6) is 0.171. The molecule has 19 heavy (non-hydrogen) atoms. The number of benzene rings is 1. The zero-order chi connectivity index (χ0) is 14.0. The number of nitrogens with zero attached hydrogens (tertiary/aromatic N) is 1. The van der Waals surface area contributed by atoms with E-state index in [1.807, 2.05) is 6.92 Å². The monoisotopic (exact) mass is 256 g/mol. The molecule has 2 rings (SSSR count). The van der Waals surface area contributed by atoms with E-state index in [2.05, 4.69) is 43.1 Å². The minimum Gasteiger partial charge on any atom is -0.370 e. The third-order valence-electron chi connectivity index (χ3n) is 3.35. The van der Waals surface area contributed by atoms with Crippen LogP contribution in [0.4, 0.5) is 0 Å². The van der Waals surface area contributed by atoms with E-state index in [1.165, 1.54) is 5.56 Å². The van der Waals surface area contributed by atoms with E-state index in [-0.39, 0.29) is 5.91 Å². The summed E-state index contributed by atoms with van der Waals surface area (Å²) < 4.78 is 0. The maximum atomic E-state index is 11.0. The van der Waals surface area contributed by atoms with Gasteiger partial charge in [-0.05, 0) is 36.5 Å². The molecule has 2 aromatic rings. The fourth-order valence-electron chi connectivity index (χ4n) is 2.41. The predicted molar refractivity (Wildman–Crippen MR) is 78.1 cm³/mol. The molecular formula is C16H20N2O. The molecule has 0 spiro atoms. The number of amides is 1. The molecule has 3 nitrogen and oxygen atoms in total. The van der Waals surface area contributed by atoms with Crippen molar-refractivity contribution in [1.82, 2.24) is 4.98 Å². The van der Waals surface area contributed by atoms with Gasteiger partial charge in [0.1, 0.15) is 0 Å². The van der Waals surface area contributed by atoms with Gasteiger partial charge < -0.3 is 5.73 Å². The van der Waals surface area contributed by atoms with Crippen molar-refractivity contribution in [3.8, 4) is 0 Å². The highest BCUT2D eigenvalue weighted by Gasteiger charge is 2.10. The van der Waals surface area contributed by atoms with Gasteiger partial charge in [0.05, 0.1) is 5.52 Å². The van der Waals surface area contributed by atoms with Crippen LogP contribution in [0.3, 0.4) is 0 Å². The van der Waals surface area contributed by atoms with Crippen molar-refractivity contribution in [1.29, 1.82) is 0 Å². The molecule has 0 saturated carbocycles. The number of carbonyl (C=O) groups is 1. The van der Waals surface area contributed by atoms with Gasteiger partial charge in [0.2, 0.25) is 5.91 Å². The van der Waals surface area contributed by atoms with Crippen LogP contribution in [0, 0.1) is 6.92 Å². The predicted octanol–water partition coefficient (Wildman–Crippen LogP) is 3.08. The van der Waals surface area contributed by atoms with Crippen LogP contribution in [0.1, 0.15) is 43.0 Å². The van der Waals surface area contributed by atoms with Crippen LogP contribution in [0.15, 0.2) is 24.3 Å². The van der Waals surface area contributed by atoms with Crippen molar-refractivity contribution in [3.63, 3.8) is 0 Å². The number of nitrogens with two attached hydrogens (primary N) is 1. The van der Waals surface area contributed by atoms with Gasteiger partial charge in [-0.2, -0.15) is 0 Å². The zero-order valence-electron chi connectivity index (χ0n) is 11.7. The Morgan fingerprint density at radius 3 is 2.74 bits per heavy atom. The molecule has 0 aliphatic heterocycles. The molecule has 1 aromatic heterocycles. The summed E-state index contributed by atoms with van der Waals surface area (Å²) >= 11 is 0. The Hall–Kier alpha value is -1.90. The van der Waals surface area contributed by atoms with Crippen LogP contribution < -0.4 is 5.73 Å². The van der Waals surface area contributed by atoms with Crippen LogP contribution in [0.25, 0.3) is 10.9 Å². The Labute approximate surface area is 113 Å². The lowest BCUT2D eigenvalue weighted by atomic mass is 9.95. The van der Waals surface area contributed by atoms with E-state index in [9.17, 15) is 4.79 Å². The van der Waals surface area contributed by atoms with Crippen molar-refractivity contribution < 1.29 is 4.79 Å². The van der Waals surface area contributed by atoms with Crippen molar-refractivity contribution in [2.24, 2.45) is 5.73 Å². The smallest absolute Gasteiger partial charge is 0.217 e. The van der Waals surface area contributed by atoms with Crippen LogP contribution in [-0.2, 0) is 11.2 Å². The fourth-order valence-corrected chi connectivity index (χ4v) is 2.41. The second-order valence-electron chi connectivity index (χ2n) is 5.29. The summed E-state index contributed by atoms with van der Waals surface area (Å²) in [4.78, 5) is 15.6. The molecule has 1 aromatic carbocycles. The van der Waals surface area contributed by atoms with Gasteiger partial charge in [-0.1, -0.05) is 32.0 Å². The molecule has 1 amide bonds. The second-order valence-corrected chi connectivity index (χ2v) is 5.29. The van der Waals surface area contributed by atoms with Crippen molar-refractivity contribution in [3.05, 3.63) is 41.1 Å². The summed E-state index contributed by atoms with van der Waals surface area (Å²) in [6.07, 6.45) is 1.06. The van der Waals surface area contributed by atoms with Crippen LogP contribution >= 0.6 is 0 Å². The summed E-state index contributed by atoms with van der Waals surface area (Å²) in [5, 5.41) is 1.14. The Kier molecular flexibility index (Phi) is 3.84. The number of carbonyl (C=O) groups excluding carboxylic acids is 1. The number of rotatable bonds is 4. The molecule has 0 saturated heterocycles. The molecule has 100 valence electrons. The molecule has 1 heterocycles. The quantitative estimate of drug-likeness (QED) is 0.914. The third kappa shape index (κ3) is 2.92. The first-order valence-corrected chi connectivity index (χ1v) is 6.66. The number of aromatic nitrogens is 1. The molecule has 0 aliphatic carbocycles. The lowest BCUT2D eigenvalue weighted by Gasteiger charge is -2.13. The lowest BCUT2D eigenvalue weighted by Crippen LogP contribution is -2.11. The normalized spacial score (nSPS) is 11.2. The Morgan fingerprint density at radius 2 is 2.11 bits per heavy atom. The van der Waals surface area contributed by atoms with Gasteiger partial charge in [0.15, 0.2) is 0 Å². The summed E-state index contributed by atoms with van der Waals surface area (Å²) in [5.41, 5.74) is 9.69. The molecule has 2 N–H and O–H groups in total. The topological polar surface area (TPSA) is 56.0 Å². The molecule has 0 fully saturated rings. The van der Waals surface area contributed by atoms with Crippen LogP contribution in [0.2, 0.25) is 0 Å². The third-order valence-corrected chi connectivity index (χ3v) is 3.35. The molecule has 0 atom stereocenters. The highest BCUT2D eigenvalue weighted by atomic mass is 16.1. The van der Waals surface area contributed by atoms with Crippen molar-refractivity contribution >= 4 is 16.8 Å².